The van der Waals surface area contributed by atoms with Crippen molar-refractivity contribution < 1.29 is 0 Å². The molecule has 2 heteroatoms. The van der Waals surface area contributed by atoms with Gasteiger partial charge in [-0.2, -0.15) is 0 Å². The Morgan fingerprint density at radius 2 is 1.86 bits per heavy atom. The Morgan fingerprint density at radius 3 is 2.52 bits per heavy atom. The first-order valence-electron chi connectivity index (χ1n) is 7.27. The Bertz CT molecular complexity index is 749. The van der Waals surface area contributed by atoms with Crippen LogP contribution < -0.4 is 5.73 Å². The maximum absolute atomic E-state index is 6.25. The maximum atomic E-state index is 6.25. The molecule has 2 aromatic rings. The highest BCUT2D eigenvalue weighted by atomic mass is 14.9. The lowest BCUT2D eigenvalue weighted by atomic mass is 9.92. The maximum Gasteiger partial charge on any atom is 0.131 e. The van der Waals surface area contributed by atoms with E-state index in [9.17, 15) is 0 Å². The van der Waals surface area contributed by atoms with Gasteiger partial charge in [-0.15, -0.1) is 0 Å². The fourth-order valence-electron chi connectivity index (χ4n) is 2.94. The van der Waals surface area contributed by atoms with Crippen LogP contribution in [0.5, 0.6) is 0 Å². The number of fused-ring (bicyclic) bond motifs is 1. The molecule has 2 N–H and O–H groups in total. The molecule has 1 heterocycles. The molecule has 0 saturated heterocycles. The van der Waals surface area contributed by atoms with Gasteiger partial charge in [-0.1, -0.05) is 42.0 Å². The summed E-state index contributed by atoms with van der Waals surface area (Å²) < 4.78 is 0. The Kier molecular flexibility index (Phi) is 3.38. The molecule has 3 rings (SSSR count). The van der Waals surface area contributed by atoms with Crippen LogP contribution >= 0.6 is 0 Å². The lowest BCUT2D eigenvalue weighted by Crippen LogP contribution is -2.03. The van der Waals surface area contributed by atoms with Crippen LogP contribution in [0.3, 0.4) is 0 Å². The minimum atomic E-state index is 0.622. The van der Waals surface area contributed by atoms with Crippen LogP contribution in [0.25, 0.3) is 11.1 Å². The summed E-state index contributed by atoms with van der Waals surface area (Å²) in [5, 5.41) is 0. The van der Waals surface area contributed by atoms with E-state index >= 15 is 0 Å². The average molecular weight is 276 g/mol. The standard InChI is InChI=1S/C19H20N2/c1-12(2)18(14-7-5-4-6-8-14)16-11-15-13(3)9-10-17(15)21-19(16)20/h4-9,11H,10H2,1-3H3,(H2,20,21). The van der Waals surface area contributed by atoms with Gasteiger partial charge in [0.2, 0.25) is 0 Å². The van der Waals surface area contributed by atoms with E-state index in [1.54, 1.807) is 0 Å². The van der Waals surface area contributed by atoms with Gasteiger partial charge in [-0.3, -0.25) is 0 Å². The van der Waals surface area contributed by atoms with E-state index in [4.69, 9.17) is 5.73 Å². The third-order valence-electron chi connectivity index (χ3n) is 3.99. The number of nitrogens with zero attached hydrogens (tertiary/aromatic N) is 1. The molecule has 106 valence electrons. The lowest BCUT2D eigenvalue weighted by molar-refractivity contribution is 1.13. The summed E-state index contributed by atoms with van der Waals surface area (Å²) in [6.07, 6.45) is 3.10. The van der Waals surface area contributed by atoms with Crippen LogP contribution in [0.1, 0.15) is 43.2 Å². The summed E-state index contributed by atoms with van der Waals surface area (Å²) in [4.78, 5) is 4.62. The van der Waals surface area contributed by atoms with Gasteiger partial charge in [0, 0.05) is 12.0 Å². The zero-order chi connectivity index (χ0) is 15.0. The van der Waals surface area contributed by atoms with Crippen LogP contribution in [0.15, 0.2) is 48.0 Å². The van der Waals surface area contributed by atoms with Crippen molar-refractivity contribution in [3.8, 4) is 0 Å². The topological polar surface area (TPSA) is 38.9 Å². The predicted octanol–water partition coefficient (Wildman–Crippen LogP) is 4.46. The van der Waals surface area contributed by atoms with Gasteiger partial charge < -0.3 is 5.73 Å². The molecule has 1 aromatic carbocycles. The number of allylic oxidation sites excluding steroid dienone is 3. The summed E-state index contributed by atoms with van der Waals surface area (Å²) in [6.45, 7) is 6.38. The second-order valence-electron chi connectivity index (χ2n) is 5.75. The lowest BCUT2D eigenvalue weighted by Gasteiger charge is -2.15. The molecule has 1 aliphatic carbocycles. The minimum absolute atomic E-state index is 0.622. The van der Waals surface area contributed by atoms with E-state index in [-0.39, 0.29) is 0 Å². The highest BCUT2D eigenvalue weighted by Crippen LogP contribution is 2.35. The molecule has 0 amide bonds. The molecule has 21 heavy (non-hydrogen) atoms. The number of benzene rings is 1. The quantitative estimate of drug-likeness (QED) is 0.879. The number of rotatable bonds is 2. The van der Waals surface area contributed by atoms with E-state index in [1.165, 1.54) is 27.8 Å². The van der Waals surface area contributed by atoms with Crippen molar-refractivity contribution >= 4 is 17.0 Å². The molecule has 0 unspecified atom stereocenters. The van der Waals surface area contributed by atoms with Crippen LogP contribution in [0.4, 0.5) is 5.82 Å². The Balaban J connectivity index is 2.21. The highest BCUT2D eigenvalue weighted by Gasteiger charge is 2.18. The van der Waals surface area contributed by atoms with Crippen molar-refractivity contribution in [3.05, 3.63) is 70.4 Å². The van der Waals surface area contributed by atoms with Gasteiger partial charge in [-0.05, 0) is 49.1 Å². The molecule has 0 aliphatic heterocycles. The first kappa shape index (κ1) is 13.6. The van der Waals surface area contributed by atoms with Gasteiger partial charge in [-0.25, -0.2) is 4.98 Å². The fraction of sp³-hybridized carbons (Fsp3) is 0.211. The fourth-order valence-corrected chi connectivity index (χ4v) is 2.94. The van der Waals surface area contributed by atoms with E-state index in [1.807, 2.05) is 6.07 Å². The van der Waals surface area contributed by atoms with Crippen molar-refractivity contribution in [2.24, 2.45) is 0 Å². The molecule has 1 aromatic heterocycles. The van der Waals surface area contributed by atoms with E-state index in [2.05, 4.69) is 62.2 Å². The summed E-state index contributed by atoms with van der Waals surface area (Å²) >= 11 is 0. The molecule has 0 atom stereocenters. The number of anilines is 1. The van der Waals surface area contributed by atoms with Gasteiger partial charge in [0.15, 0.2) is 0 Å². The first-order valence-corrected chi connectivity index (χ1v) is 7.27. The van der Waals surface area contributed by atoms with Crippen molar-refractivity contribution in [2.45, 2.75) is 27.2 Å². The molecular formula is C19H20N2. The molecule has 0 saturated carbocycles. The summed E-state index contributed by atoms with van der Waals surface area (Å²) in [6, 6.07) is 12.6. The molecule has 2 nitrogen and oxygen atoms in total. The van der Waals surface area contributed by atoms with E-state index in [0.717, 1.165) is 17.7 Å². The van der Waals surface area contributed by atoms with Crippen molar-refractivity contribution in [2.75, 3.05) is 5.73 Å². The Labute approximate surface area is 126 Å². The molecule has 0 bridgehead atoms. The van der Waals surface area contributed by atoms with Crippen molar-refractivity contribution in [3.63, 3.8) is 0 Å². The molecule has 1 aliphatic rings. The predicted molar refractivity (Wildman–Crippen MR) is 89.8 cm³/mol. The van der Waals surface area contributed by atoms with Crippen molar-refractivity contribution in [1.29, 1.82) is 0 Å². The largest absolute Gasteiger partial charge is 0.383 e. The second-order valence-corrected chi connectivity index (χ2v) is 5.75. The molecule has 0 fully saturated rings. The molecular weight excluding hydrogens is 256 g/mol. The number of pyridine rings is 1. The summed E-state index contributed by atoms with van der Waals surface area (Å²) in [7, 11) is 0. The summed E-state index contributed by atoms with van der Waals surface area (Å²) in [5.41, 5.74) is 14.5. The Morgan fingerprint density at radius 1 is 1.14 bits per heavy atom. The normalized spacial score (nSPS) is 12.8. The van der Waals surface area contributed by atoms with Gasteiger partial charge in [0.25, 0.3) is 0 Å². The van der Waals surface area contributed by atoms with Crippen LogP contribution in [0.2, 0.25) is 0 Å². The second kappa shape index (κ2) is 5.21. The van der Waals surface area contributed by atoms with Gasteiger partial charge in [0.1, 0.15) is 5.82 Å². The number of aromatic nitrogens is 1. The van der Waals surface area contributed by atoms with Gasteiger partial charge >= 0.3 is 0 Å². The van der Waals surface area contributed by atoms with E-state index < -0.39 is 0 Å². The van der Waals surface area contributed by atoms with Gasteiger partial charge in [0.05, 0.1) is 5.69 Å². The van der Waals surface area contributed by atoms with Crippen LogP contribution in [0, 0.1) is 0 Å². The monoisotopic (exact) mass is 276 g/mol. The first-order chi connectivity index (χ1) is 10.1. The third kappa shape index (κ3) is 2.38. The zero-order valence-electron chi connectivity index (χ0n) is 12.8. The summed E-state index contributed by atoms with van der Waals surface area (Å²) in [5.74, 6) is 0.622. The zero-order valence-corrected chi connectivity index (χ0v) is 12.8. The van der Waals surface area contributed by atoms with Crippen LogP contribution in [-0.4, -0.2) is 4.98 Å². The number of nitrogens with two attached hydrogens (primary N) is 1. The average Bonchev–Trinajstić information content (AvgIpc) is 2.81. The highest BCUT2D eigenvalue weighted by molar-refractivity contribution is 5.88. The Hall–Kier alpha value is -2.35. The minimum Gasteiger partial charge on any atom is -0.383 e. The number of hydrogen-bond donors (Lipinski definition) is 1. The van der Waals surface area contributed by atoms with Crippen LogP contribution in [-0.2, 0) is 6.42 Å². The number of hydrogen-bond acceptors (Lipinski definition) is 2. The SMILES string of the molecule is CC1=CCc2nc(N)c(C(=C(C)C)c3ccccc3)cc21. The number of nitrogen functional groups attached to an aromatic ring is 1. The van der Waals surface area contributed by atoms with Crippen molar-refractivity contribution in [1.82, 2.24) is 4.98 Å². The van der Waals surface area contributed by atoms with E-state index in [0.29, 0.717) is 5.82 Å². The third-order valence-corrected chi connectivity index (χ3v) is 3.99. The molecule has 0 spiro atoms. The molecule has 0 radical (unpaired) electrons. The smallest absolute Gasteiger partial charge is 0.131 e.